The Bertz CT molecular complexity index is 830. The van der Waals surface area contributed by atoms with Crippen LogP contribution in [-0.4, -0.2) is 33.7 Å². The number of aromatic nitrogens is 1. The van der Waals surface area contributed by atoms with Gasteiger partial charge in [0.25, 0.3) is 5.91 Å². The van der Waals surface area contributed by atoms with Crippen LogP contribution < -0.4 is 21.5 Å². The van der Waals surface area contributed by atoms with E-state index in [-0.39, 0.29) is 28.7 Å². The number of alkyl halides is 1. The van der Waals surface area contributed by atoms with Crippen LogP contribution in [0.4, 0.5) is 5.69 Å². The van der Waals surface area contributed by atoms with Gasteiger partial charge < -0.3 is 10.6 Å². The highest BCUT2D eigenvalue weighted by Gasteiger charge is 2.39. The number of rotatable bonds is 6. The third-order valence-corrected chi connectivity index (χ3v) is 5.76. The molecule has 8 heteroatoms. The minimum atomic E-state index is -0.345. The monoisotopic (exact) mass is 445 g/mol. The summed E-state index contributed by atoms with van der Waals surface area (Å²) in [5.41, 5.74) is 8.34. The van der Waals surface area contributed by atoms with Gasteiger partial charge in [-0.3, -0.25) is 20.0 Å². The summed E-state index contributed by atoms with van der Waals surface area (Å²) in [5, 5.41) is 5.81. The van der Waals surface area contributed by atoms with Crippen molar-refractivity contribution in [2.75, 3.05) is 5.32 Å². The van der Waals surface area contributed by atoms with Gasteiger partial charge in [0.05, 0.1) is 4.83 Å². The van der Waals surface area contributed by atoms with Gasteiger partial charge in [-0.05, 0) is 35.7 Å². The average molecular weight is 446 g/mol. The molecule has 28 heavy (non-hydrogen) atoms. The van der Waals surface area contributed by atoms with E-state index in [2.05, 4.69) is 56.2 Å². The lowest BCUT2D eigenvalue weighted by atomic mass is 9.99. The third-order valence-electron chi connectivity index (χ3n) is 4.66. The molecule has 1 aliphatic rings. The predicted molar refractivity (Wildman–Crippen MR) is 112 cm³/mol. The van der Waals surface area contributed by atoms with Crippen molar-refractivity contribution in [3.63, 3.8) is 0 Å². The van der Waals surface area contributed by atoms with Crippen LogP contribution in [0.15, 0.2) is 48.8 Å². The molecule has 7 nitrogen and oxygen atoms in total. The topological polar surface area (TPSA) is 95.1 Å². The van der Waals surface area contributed by atoms with Crippen molar-refractivity contribution in [3.05, 3.63) is 59.9 Å². The van der Waals surface area contributed by atoms with Gasteiger partial charge in [0.1, 0.15) is 6.04 Å². The van der Waals surface area contributed by atoms with Gasteiger partial charge >= 0.3 is 0 Å². The molecular formula is C20H24BrN5O2. The number of carbonyl (C=O) groups is 2. The normalized spacial score (nSPS) is 21.5. The van der Waals surface area contributed by atoms with E-state index in [9.17, 15) is 9.59 Å². The van der Waals surface area contributed by atoms with Gasteiger partial charge in [-0.25, -0.2) is 5.43 Å². The molecule has 2 aromatic rings. The van der Waals surface area contributed by atoms with Gasteiger partial charge in [0, 0.05) is 36.2 Å². The zero-order valence-electron chi connectivity index (χ0n) is 15.8. The van der Waals surface area contributed by atoms with E-state index in [0.29, 0.717) is 23.7 Å². The van der Waals surface area contributed by atoms with Crippen molar-refractivity contribution >= 4 is 33.4 Å². The summed E-state index contributed by atoms with van der Waals surface area (Å²) < 4.78 is 0. The summed E-state index contributed by atoms with van der Waals surface area (Å²) in [6.45, 7) is 4.60. The molecule has 3 rings (SSSR count). The average Bonchev–Trinajstić information content (AvgIpc) is 3.09. The third kappa shape index (κ3) is 4.95. The summed E-state index contributed by atoms with van der Waals surface area (Å²) in [7, 11) is 0. The SMILES string of the molecule is CC(C)C1NNC(C(=O)NCc2cccc(NC(=O)c3ccncc3)c2)C1Br. The van der Waals surface area contributed by atoms with Crippen molar-refractivity contribution < 1.29 is 9.59 Å². The molecule has 3 atom stereocenters. The molecule has 2 heterocycles. The van der Waals surface area contributed by atoms with Gasteiger partial charge in [0.2, 0.25) is 5.91 Å². The van der Waals surface area contributed by atoms with Crippen molar-refractivity contribution in [2.45, 2.75) is 37.3 Å². The molecule has 4 N–H and O–H groups in total. The van der Waals surface area contributed by atoms with Gasteiger partial charge in [-0.2, -0.15) is 0 Å². The van der Waals surface area contributed by atoms with E-state index in [1.54, 1.807) is 24.5 Å². The molecule has 1 aliphatic heterocycles. The van der Waals surface area contributed by atoms with Crippen LogP contribution in [0, 0.1) is 5.92 Å². The number of pyridine rings is 1. The molecule has 0 bridgehead atoms. The first kappa shape index (κ1) is 20.4. The molecule has 0 aliphatic carbocycles. The van der Waals surface area contributed by atoms with E-state index in [1.165, 1.54) is 0 Å². The lowest BCUT2D eigenvalue weighted by Crippen LogP contribution is -2.45. The Morgan fingerprint density at radius 2 is 1.93 bits per heavy atom. The van der Waals surface area contributed by atoms with Gasteiger partial charge in [-0.1, -0.05) is 41.9 Å². The molecule has 1 fully saturated rings. The number of halogens is 1. The minimum absolute atomic E-state index is 0.0125. The van der Waals surface area contributed by atoms with E-state index >= 15 is 0 Å². The van der Waals surface area contributed by atoms with Crippen LogP contribution in [0.3, 0.4) is 0 Å². The van der Waals surface area contributed by atoms with Crippen molar-refractivity contribution in [1.29, 1.82) is 0 Å². The fraction of sp³-hybridized carbons (Fsp3) is 0.350. The fourth-order valence-corrected chi connectivity index (χ4v) is 4.18. The summed E-state index contributed by atoms with van der Waals surface area (Å²) >= 11 is 3.62. The first-order valence-electron chi connectivity index (χ1n) is 9.19. The lowest BCUT2D eigenvalue weighted by molar-refractivity contribution is -0.122. The predicted octanol–water partition coefficient (Wildman–Crippen LogP) is 2.21. The number of hydrogen-bond donors (Lipinski definition) is 4. The highest BCUT2D eigenvalue weighted by atomic mass is 79.9. The molecule has 3 unspecified atom stereocenters. The summed E-state index contributed by atoms with van der Waals surface area (Å²) in [6.07, 6.45) is 3.15. The Morgan fingerprint density at radius 1 is 1.18 bits per heavy atom. The Labute approximate surface area is 172 Å². The second kappa shape index (κ2) is 9.27. The molecule has 0 spiro atoms. The van der Waals surface area contributed by atoms with Crippen LogP contribution >= 0.6 is 15.9 Å². The number of nitrogens with one attached hydrogen (secondary N) is 4. The van der Waals surface area contributed by atoms with Crippen molar-refractivity contribution in [3.8, 4) is 0 Å². The van der Waals surface area contributed by atoms with E-state index in [1.807, 2.05) is 24.3 Å². The standard InChI is InChI=1S/C20H24BrN5O2/c1-12(2)17-16(21)18(26-25-17)20(28)23-11-13-4-3-5-15(10-13)24-19(27)14-6-8-22-9-7-14/h3-10,12,16-18,25-26H,11H2,1-2H3,(H,23,28)(H,24,27). The molecule has 0 radical (unpaired) electrons. The van der Waals surface area contributed by atoms with Crippen LogP contribution in [0.25, 0.3) is 0 Å². The van der Waals surface area contributed by atoms with Crippen LogP contribution in [0.1, 0.15) is 29.8 Å². The second-order valence-electron chi connectivity index (χ2n) is 7.09. The first-order valence-corrected chi connectivity index (χ1v) is 10.1. The number of carbonyl (C=O) groups excluding carboxylic acids is 2. The summed E-state index contributed by atoms with van der Waals surface area (Å²) in [4.78, 5) is 28.7. The minimum Gasteiger partial charge on any atom is -0.351 e. The molecule has 1 saturated heterocycles. The van der Waals surface area contributed by atoms with E-state index in [0.717, 1.165) is 5.56 Å². The second-order valence-corrected chi connectivity index (χ2v) is 8.15. The Balaban J connectivity index is 1.56. The fourth-order valence-electron chi connectivity index (χ4n) is 3.06. The Kier molecular flexibility index (Phi) is 6.77. The molecular weight excluding hydrogens is 422 g/mol. The number of nitrogens with zero attached hydrogens (tertiary/aromatic N) is 1. The van der Waals surface area contributed by atoms with Crippen LogP contribution in [0.2, 0.25) is 0 Å². The highest BCUT2D eigenvalue weighted by Crippen LogP contribution is 2.22. The van der Waals surface area contributed by atoms with Crippen LogP contribution in [0.5, 0.6) is 0 Å². The maximum Gasteiger partial charge on any atom is 0.255 e. The van der Waals surface area contributed by atoms with Crippen LogP contribution in [-0.2, 0) is 11.3 Å². The number of hydrogen-bond acceptors (Lipinski definition) is 5. The zero-order valence-corrected chi connectivity index (χ0v) is 17.4. The Morgan fingerprint density at radius 3 is 2.61 bits per heavy atom. The first-order chi connectivity index (χ1) is 13.5. The number of benzene rings is 1. The van der Waals surface area contributed by atoms with E-state index < -0.39 is 0 Å². The molecule has 148 valence electrons. The largest absolute Gasteiger partial charge is 0.351 e. The van der Waals surface area contributed by atoms with Crippen molar-refractivity contribution in [2.24, 2.45) is 5.92 Å². The molecule has 1 aromatic carbocycles. The number of hydrazine groups is 1. The van der Waals surface area contributed by atoms with E-state index in [4.69, 9.17) is 0 Å². The summed E-state index contributed by atoms with van der Waals surface area (Å²) in [6, 6.07) is 10.6. The molecule has 1 aromatic heterocycles. The maximum absolute atomic E-state index is 12.5. The smallest absolute Gasteiger partial charge is 0.255 e. The van der Waals surface area contributed by atoms with Gasteiger partial charge in [0.15, 0.2) is 0 Å². The highest BCUT2D eigenvalue weighted by molar-refractivity contribution is 9.09. The van der Waals surface area contributed by atoms with Crippen molar-refractivity contribution in [1.82, 2.24) is 21.2 Å². The Hall–Kier alpha value is -2.29. The maximum atomic E-state index is 12.5. The zero-order chi connectivity index (χ0) is 20.1. The molecule has 2 amide bonds. The van der Waals surface area contributed by atoms with Gasteiger partial charge in [-0.15, -0.1) is 0 Å². The lowest BCUT2D eigenvalue weighted by Gasteiger charge is -2.19. The quantitative estimate of drug-likeness (QED) is 0.511. The number of anilines is 1. The number of amides is 2. The summed E-state index contributed by atoms with van der Waals surface area (Å²) in [5.74, 6) is 0.116. The molecule has 0 saturated carbocycles.